The van der Waals surface area contributed by atoms with E-state index in [2.05, 4.69) is 9.97 Å². The lowest BCUT2D eigenvalue weighted by atomic mass is 9.98. The van der Waals surface area contributed by atoms with Crippen LogP contribution in [0.2, 0.25) is 0 Å². The Morgan fingerprint density at radius 3 is 2.94 bits per heavy atom. The van der Waals surface area contributed by atoms with Crippen molar-refractivity contribution in [3.63, 3.8) is 0 Å². The van der Waals surface area contributed by atoms with E-state index < -0.39 is 0 Å². The second-order valence-corrected chi connectivity index (χ2v) is 5.38. The first-order valence-corrected chi connectivity index (χ1v) is 6.70. The van der Waals surface area contributed by atoms with Gasteiger partial charge in [0, 0.05) is 19.1 Å². The predicted octanol–water partition coefficient (Wildman–Crippen LogP) is 1.35. The molecule has 2 N–H and O–H groups in total. The lowest BCUT2D eigenvalue weighted by molar-refractivity contribution is 0.453. The summed E-state index contributed by atoms with van der Waals surface area (Å²) in [4.78, 5) is 10.1. The minimum atomic E-state index is -0.256. The summed E-state index contributed by atoms with van der Waals surface area (Å²) in [5.74, 6) is 1.32. The number of anilines is 1. The highest BCUT2D eigenvalue weighted by Gasteiger charge is 2.42. The van der Waals surface area contributed by atoms with Gasteiger partial charge in [0.15, 0.2) is 11.6 Å². The van der Waals surface area contributed by atoms with E-state index in [9.17, 15) is 4.39 Å². The normalized spacial score (nSPS) is 30.8. The van der Waals surface area contributed by atoms with E-state index in [-0.39, 0.29) is 11.9 Å². The maximum Gasteiger partial charge on any atom is 0.187 e. The van der Waals surface area contributed by atoms with Crippen LogP contribution < -0.4 is 10.6 Å². The molecule has 3 atom stereocenters. The summed E-state index contributed by atoms with van der Waals surface area (Å²) in [6.45, 7) is 3.63. The van der Waals surface area contributed by atoms with Gasteiger partial charge in [-0.2, -0.15) is 0 Å². The Balaban J connectivity index is 1.85. The van der Waals surface area contributed by atoms with Crippen LogP contribution in [0, 0.1) is 17.7 Å². The van der Waals surface area contributed by atoms with Crippen molar-refractivity contribution in [2.75, 3.05) is 18.0 Å². The van der Waals surface area contributed by atoms with Crippen molar-refractivity contribution in [1.82, 2.24) is 9.97 Å². The monoisotopic (exact) mass is 250 g/mol. The molecule has 5 heteroatoms. The molecule has 1 aromatic rings. The summed E-state index contributed by atoms with van der Waals surface area (Å²) >= 11 is 0. The molecule has 4 nitrogen and oxygen atoms in total. The van der Waals surface area contributed by atoms with E-state index in [1.54, 1.807) is 0 Å². The Morgan fingerprint density at radius 1 is 1.39 bits per heavy atom. The van der Waals surface area contributed by atoms with Gasteiger partial charge in [-0.1, -0.05) is 6.92 Å². The molecule has 3 unspecified atom stereocenters. The minimum Gasteiger partial charge on any atom is -0.353 e. The fourth-order valence-corrected chi connectivity index (χ4v) is 3.34. The van der Waals surface area contributed by atoms with Crippen molar-refractivity contribution >= 4 is 5.82 Å². The number of halogens is 1. The number of fused-ring (bicyclic) bond motifs is 1. The van der Waals surface area contributed by atoms with Crippen LogP contribution in [0.4, 0.5) is 10.2 Å². The van der Waals surface area contributed by atoms with E-state index >= 15 is 0 Å². The van der Waals surface area contributed by atoms with Crippen molar-refractivity contribution < 1.29 is 4.39 Å². The van der Waals surface area contributed by atoms with Gasteiger partial charge in [0.05, 0.1) is 5.69 Å². The lowest BCUT2D eigenvalue weighted by Crippen LogP contribution is -2.31. The molecule has 0 spiro atoms. The molecule has 0 bridgehead atoms. The Kier molecular flexibility index (Phi) is 2.93. The molecular weight excluding hydrogens is 231 g/mol. The van der Waals surface area contributed by atoms with Crippen LogP contribution in [0.3, 0.4) is 0 Å². The average molecular weight is 250 g/mol. The van der Waals surface area contributed by atoms with Crippen molar-refractivity contribution in [2.45, 2.75) is 32.2 Å². The number of aromatic nitrogens is 2. The predicted molar refractivity (Wildman–Crippen MR) is 67.8 cm³/mol. The highest BCUT2D eigenvalue weighted by Crippen LogP contribution is 2.39. The van der Waals surface area contributed by atoms with Gasteiger partial charge in [-0.3, -0.25) is 0 Å². The quantitative estimate of drug-likeness (QED) is 0.861. The summed E-state index contributed by atoms with van der Waals surface area (Å²) in [6, 6.07) is 0.274. The molecule has 98 valence electrons. The molecule has 1 saturated carbocycles. The number of nitrogens with zero attached hydrogens (tertiary/aromatic N) is 3. The highest BCUT2D eigenvalue weighted by molar-refractivity contribution is 5.43. The smallest absolute Gasteiger partial charge is 0.187 e. The van der Waals surface area contributed by atoms with Gasteiger partial charge in [0.25, 0.3) is 0 Å². The number of nitrogens with two attached hydrogens (primary N) is 1. The first kappa shape index (κ1) is 11.8. The van der Waals surface area contributed by atoms with Crippen LogP contribution in [0.5, 0.6) is 0 Å². The summed E-state index contributed by atoms with van der Waals surface area (Å²) in [5, 5.41) is 0. The van der Waals surface area contributed by atoms with Crippen molar-refractivity contribution in [3.8, 4) is 0 Å². The third-order valence-electron chi connectivity index (χ3n) is 4.39. The van der Waals surface area contributed by atoms with E-state index in [0.29, 0.717) is 29.8 Å². The second-order valence-electron chi connectivity index (χ2n) is 5.38. The fourth-order valence-electron chi connectivity index (χ4n) is 3.34. The molecule has 2 heterocycles. The zero-order valence-corrected chi connectivity index (χ0v) is 10.6. The van der Waals surface area contributed by atoms with Crippen LogP contribution >= 0.6 is 0 Å². The zero-order valence-electron chi connectivity index (χ0n) is 10.6. The maximum atomic E-state index is 14.2. The van der Waals surface area contributed by atoms with Crippen LogP contribution in [-0.4, -0.2) is 29.1 Å². The Labute approximate surface area is 106 Å². The van der Waals surface area contributed by atoms with E-state index in [4.69, 9.17) is 5.73 Å². The molecule has 18 heavy (non-hydrogen) atoms. The van der Waals surface area contributed by atoms with E-state index in [1.165, 1.54) is 6.33 Å². The number of hydrogen-bond acceptors (Lipinski definition) is 4. The van der Waals surface area contributed by atoms with Crippen LogP contribution in [0.1, 0.15) is 25.5 Å². The molecule has 2 fully saturated rings. The van der Waals surface area contributed by atoms with Gasteiger partial charge in [-0.05, 0) is 31.1 Å². The zero-order chi connectivity index (χ0) is 12.7. The highest BCUT2D eigenvalue weighted by atomic mass is 19.1. The summed E-state index contributed by atoms with van der Waals surface area (Å²) < 4.78 is 14.2. The Hall–Kier alpha value is -1.23. The third kappa shape index (κ3) is 1.77. The molecule has 0 amide bonds. The largest absolute Gasteiger partial charge is 0.353 e. The number of aryl methyl sites for hydroxylation is 1. The van der Waals surface area contributed by atoms with E-state index in [1.807, 2.05) is 11.8 Å². The molecule has 1 aliphatic carbocycles. The SMILES string of the molecule is CCc1ncnc(N2CC3CCC(N)C3C2)c1F. The van der Waals surface area contributed by atoms with Gasteiger partial charge < -0.3 is 10.6 Å². The van der Waals surface area contributed by atoms with Crippen molar-refractivity contribution in [3.05, 3.63) is 17.8 Å². The van der Waals surface area contributed by atoms with E-state index in [0.717, 1.165) is 25.9 Å². The Morgan fingerprint density at radius 2 is 2.22 bits per heavy atom. The van der Waals surface area contributed by atoms with Crippen LogP contribution in [-0.2, 0) is 6.42 Å². The first-order chi connectivity index (χ1) is 8.70. The summed E-state index contributed by atoms with van der Waals surface area (Å²) in [6.07, 6.45) is 4.33. The molecular formula is C13H19FN4. The second kappa shape index (κ2) is 4.46. The van der Waals surface area contributed by atoms with Gasteiger partial charge in [0.2, 0.25) is 0 Å². The average Bonchev–Trinajstić information content (AvgIpc) is 2.92. The minimum absolute atomic E-state index is 0.256. The van der Waals surface area contributed by atoms with Gasteiger partial charge in [-0.25, -0.2) is 14.4 Å². The van der Waals surface area contributed by atoms with Gasteiger partial charge in [0.1, 0.15) is 6.33 Å². The summed E-state index contributed by atoms with van der Waals surface area (Å²) in [5.41, 5.74) is 6.60. The van der Waals surface area contributed by atoms with Crippen molar-refractivity contribution in [1.29, 1.82) is 0 Å². The fraction of sp³-hybridized carbons (Fsp3) is 0.692. The topological polar surface area (TPSA) is 55.0 Å². The van der Waals surface area contributed by atoms with Gasteiger partial charge in [-0.15, -0.1) is 0 Å². The molecule has 1 aliphatic heterocycles. The summed E-state index contributed by atoms with van der Waals surface area (Å²) in [7, 11) is 0. The van der Waals surface area contributed by atoms with Gasteiger partial charge >= 0.3 is 0 Å². The number of rotatable bonds is 2. The molecule has 0 aromatic carbocycles. The Bertz CT molecular complexity index is 451. The lowest BCUT2D eigenvalue weighted by Gasteiger charge is -2.20. The molecule has 2 aliphatic rings. The molecule has 1 saturated heterocycles. The maximum absolute atomic E-state index is 14.2. The first-order valence-electron chi connectivity index (χ1n) is 6.70. The third-order valence-corrected chi connectivity index (χ3v) is 4.39. The standard InChI is InChI=1S/C13H19FN4/c1-2-11-12(14)13(17-7-16-11)18-5-8-3-4-10(15)9(8)6-18/h7-10H,2-6,15H2,1H3. The number of hydrogen-bond donors (Lipinski definition) is 1. The molecule has 0 radical (unpaired) electrons. The molecule has 3 rings (SSSR count). The van der Waals surface area contributed by atoms with Crippen molar-refractivity contribution in [2.24, 2.45) is 17.6 Å². The molecule has 1 aromatic heterocycles. The van der Waals surface area contributed by atoms with Crippen LogP contribution in [0.15, 0.2) is 6.33 Å². The van der Waals surface area contributed by atoms with Crippen LogP contribution in [0.25, 0.3) is 0 Å².